The maximum absolute atomic E-state index is 13.2. The maximum atomic E-state index is 13.2. The van der Waals surface area contributed by atoms with Crippen molar-refractivity contribution in [2.45, 2.75) is 13.0 Å². The van der Waals surface area contributed by atoms with Gasteiger partial charge in [-0.1, -0.05) is 54.1 Å². The Morgan fingerprint density at radius 1 is 1.12 bits per heavy atom. The zero-order chi connectivity index (χ0) is 17.4. The minimum atomic E-state index is -0.358. The first-order valence-corrected chi connectivity index (χ1v) is 8.25. The Balaban J connectivity index is 1.87. The number of aromatic nitrogens is 3. The fraction of sp³-hybridized carbons (Fsp3) is 0.105. The SMILES string of the molecule is CC1=C(C(=O)c2ccccc2)[C@@H](c2ccc(Cl)cc2)n2ncnc2N1. The van der Waals surface area contributed by atoms with E-state index in [1.165, 1.54) is 6.33 Å². The van der Waals surface area contributed by atoms with Gasteiger partial charge in [-0.05, 0) is 24.6 Å². The van der Waals surface area contributed by atoms with Gasteiger partial charge in [0.2, 0.25) is 5.95 Å². The summed E-state index contributed by atoms with van der Waals surface area (Å²) in [6, 6.07) is 16.3. The average Bonchev–Trinajstić information content (AvgIpc) is 3.09. The highest BCUT2D eigenvalue weighted by atomic mass is 35.5. The van der Waals surface area contributed by atoms with E-state index in [0.29, 0.717) is 22.1 Å². The predicted octanol–water partition coefficient (Wildman–Crippen LogP) is 4.10. The number of hydrogen-bond donors (Lipinski definition) is 1. The number of hydrogen-bond acceptors (Lipinski definition) is 4. The zero-order valence-electron chi connectivity index (χ0n) is 13.5. The Morgan fingerprint density at radius 3 is 2.56 bits per heavy atom. The lowest BCUT2D eigenvalue weighted by atomic mass is 9.90. The fourth-order valence-electron chi connectivity index (χ4n) is 3.08. The van der Waals surface area contributed by atoms with E-state index in [1.54, 1.807) is 4.68 Å². The van der Waals surface area contributed by atoms with Gasteiger partial charge in [-0.3, -0.25) is 4.79 Å². The number of nitrogens with zero attached hydrogens (tertiary/aromatic N) is 3. The van der Waals surface area contributed by atoms with Crippen LogP contribution >= 0.6 is 11.6 Å². The summed E-state index contributed by atoms with van der Waals surface area (Å²) in [5.41, 5.74) is 2.98. The van der Waals surface area contributed by atoms with Gasteiger partial charge >= 0.3 is 0 Å². The molecule has 0 radical (unpaired) electrons. The van der Waals surface area contributed by atoms with Crippen molar-refractivity contribution in [3.8, 4) is 0 Å². The molecule has 4 rings (SSSR count). The van der Waals surface area contributed by atoms with Crippen molar-refractivity contribution < 1.29 is 4.79 Å². The molecule has 1 aliphatic heterocycles. The Kier molecular flexibility index (Phi) is 3.86. The van der Waals surface area contributed by atoms with Gasteiger partial charge in [-0.25, -0.2) is 4.68 Å². The first-order valence-electron chi connectivity index (χ1n) is 7.87. The molecule has 0 bridgehead atoms. The molecule has 5 nitrogen and oxygen atoms in total. The van der Waals surface area contributed by atoms with Crippen molar-refractivity contribution in [2.24, 2.45) is 0 Å². The number of anilines is 1. The highest BCUT2D eigenvalue weighted by Gasteiger charge is 2.33. The first kappa shape index (κ1) is 15.6. The Bertz CT molecular complexity index is 961. The van der Waals surface area contributed by atoms with Crippen LogP contribution in [0.25, 0.3) is 0 Å². The van der Waals surface area contributed by atoms with Crippen molar-refractivity contribution in [1.29, 1.82) is 0 Å². The second-order valence-electron chi connectivity index (χ2n) is 5.84. The summed E-state index contributed by atoms with van der Waals surface area (Å²) in [6.45, 7) is 1.89. The molecule has 1 N–H and O–H groups in total. The van der Waals surface area contributed by atoms with Crippen LogP contribution in [0.4, 0.5) is 5.95 Å². The van der Waals surface area contributed by atoms with E-state index in [-0.39, 0.29) is 11.8 Å². The summed E-state index contributed by atoms with van der Waals surface area (Å²) in [7, 11) is 0. The number of carbonyl (C=O) groups excluding carboxylic acids is 1. The second kappa shape index (κ2) is 6.18. The molecule has 2 aromatic carbocycles. The van der Waals surface area contributed by atoms with Gasteiger partial charge in [-0.15, -0.1) is 0 Å². The molecule has 0 spiro atoms. The quantitative estimate of drug-likeness (QED) is 0.722. The van der Waals surface area contributed by atoms with Crippen LogP contribution in [0.2, 0.25) is 5.02 Å². The number of nitrogens with one attached hydrogen (secondary N) is 1. The van der Waals surface area contributed by atoms with Gasteiger partial charge in [-0.2, -0.15) is 10.1 Å². The summed E-state index contributed by atoms with van der Waals surface area (Å²) in [5.74, 6) is 0.578. The molecule has 0 amide bonds. The number of carbonyl (C=O) groups is 1. The van der Waals surface area contributed by atoms with Crippen LogP contribution in [0.1, 0.15) is 28.9 Å². The summed E-state index contributed by atoms with van der Waals surface area (Å²) in [4.78, 5) is 17.4. The van der Waals surface area contributed by atoms with E-state index >= 15 is 0 Å². The highest BCUT2D eigenvalue weighted by molar-refractivity contribution is 6.30. The number of benzene rings is 2. The lowest BCUT2D eigenvalue weighted by molar-refractivity contribution is 0.102. The van der Waals surface area contributed by atoms with Crippen molar-refractivity contribution >= 4 is 23.3 Å². The molecule has 1 atom stereocenters. The van der Waals surface area contributed by atoms with Gasteiger partial charge in [0.15, 0.2) is 5.78 Å². The molecular weight excluding hydrogens is 336 g/mol. The lowest BCUT2D eigenvalue weighted by Gasteiger charge is -2.28. The smallest absolute Gasteiger partial charge is 0.226 e. The summed E-state index contributed by atoms with van der Waals surface area (Å²) < 4.78 is 1.73. The largest absolute Gasteiger partial charge is 0.328 e. The molecule has 3 aromatic rings. The number of ketones is 1. The standard InChI is InChI=1S/C19H15ClN4O/c1-12-16(18(25)14-5-3-2-4-6-14)17(13-7-9-15(20)10-8-13)24-19(23-12)21-11-22-24/h2-11,17H,1H3,(H,21,22,23)/t17-/m1/s1. The van der Waals surface area contributed by atoms with E-state index in [2.05, 4.69) is 15.4 Å². The monoisotopic (exact) mass is 350 g/mol. The van der Waals surface area contributed by atoms with Crippen LogP contribution in [0.5, 0.6) is 0 Å². The third kappa shape index (κ3) is 2.72. The van der Waals surface area contributed by atoms with Gasteiger partial charge in [0, 0.05) is 21.9 Å². The van der Waals surface area contributed by atoms with Gasteiger partial charge in [0.25, 0.3) is 0 Å². The van der Waals surface area contributed by atoms with Gasteiger partial charge in [0.05, 0.1) is 0 Å². The highest BCUT2D eigenvalue weighted by Crippen LogP contribution is 2.36. The van der Waals surface area contributed by atoms with E-state index in [4.69, 9.17) is 11.6 Å². The van der Waals surface area contributed by atoms with Crippen LogP contribution in [-0.2, 0) is 0 Å². The van der Waals surface area contributed by atoms with Crippen molar-refractivity contribution in [2.75, 3.05) is 5.32 Å². The first-order chi connectivity index (χ1) is 12.1. The molecule has 1 aliphatic rings. The third-order valence-electron chi connectivity index (χ3n) is 4.26. The molecule has 2 heterocycles. The van der Waals surface area contributed by atoms with Gasteiger partial charge in [0.1, 0.15) is 12.4 Å². The minimum Gasteiger partial charge on any atom is -0.328 e. The van der Waals surface area contributed by atoms with E-state index < -0.39 is 0 Å². The molecule has 1 aromatic heterocycles. The van der Waals surface area contributed by atoms with Crippen LogP contribution < -0.4 is 5.32 Å². The van der Waals surface area contributed by atoms with E-state index in [0.717, 1.165) is 11.3 Å². The van der Waals surface area contributed by atoms with Crippen LogP contribution in [-0.4, -0.2) is 20.5 Å². The number of fused-ring (bicyclic) bond motifs is 1. The number of halogens is 1. The average molecular weight is 351 g/mol. The van der Waals surface area contributed by atoms with Crippen molar-refractivity contribution in [1.82, 2.24) is 14.8 Å². The third-order valence-corrected chi connectivity index (χ3v) is 4.51. The molecule has 25 heavy (non-hydrogen) atoms. The normalized spacial score (nSPS) is 16.3. The van der Waals surface area contributed by atoms with Crippen molar-refractivity contribution in [3.05, 3.63) is 88.3 Å². The summed E-state index contributed by atoms with van der Waals surface area (Å²) in [6.07, 6.45) is 1.48. The maximum Gasteiger partial charge on any atom is 0.226 e. The summed E-state index contributed by atoms with van der Waals surface area (Å²) in [5, 5.41) is 8.14. The predicted molar refractivity (Wildman–Crippen MR) is 96.7 cm³/mol. The molecule has 0 aliphatic carbocycles. The Hall–Kier alpha value is -2.92. The van der Waals surface area contributed by atoms with E-state index in [9.17, 15) is 4.79 Å². The second-order valence-corrected chi connectivity index (χ2v) is 6.28. The number of allylic oxidation sites excluding steroid dienone is 2. The van der Waals surface area contributed by atoms with Gasteiger partial charge < -0.3 is 5.32 Å². The molecule has 0 unspecified atom stereocenters. The van der Waals surface area contributed by atoms with Crippen LogP contribution in [0.15, 0.2) is 72.2 Å². The zero-order valence-corrected chi connectivity index (χ0v) is 14.2. The minimum absolute atomic E-state index is 0.0355. The Morgan fingerprint density at radius 2 is 1.84 bits per heavy atom. The molecule has 0 fully saturated rings. The molecule has 0 saturated carbocycles. The molecule has 124 valence electrons. The van der Waals surface area contributed by atoms with Crippen molar-refractivity contribution in [3.63, 3.8) is 0 Å². The van der Waals surface area contributed by atoms with Crippen LogP contribution in [0.3, 0.4) is 0 Å². The fourth-order valence-corrected chi connectivity index (χ4v) is 3.21. The molecule has 6 heteroatoms. The topological polar surface area (TPSA) is 59.8 Å². The lowest BCUT2D eigenvalue weighted by Crippen LogP contribution is -2.28. The number of rotatable bonds is 3. The molecular formula is C19H15ClN4O. The van der Waals surface area contributed by atoms with E-state index in [1.807, 2.05) is 61.5 Å². The Labute approximate surface area is 150 Å². The van der Waals surface area contributed by atoms with Crippen LogP contribution in [0, 0.1) is 0 Å². The molecule has 0 saturated heterocycles. The number of Topliss-reactive ketones (excluding diaryl/α,β-unsaturated/α-hetero) is 1. The summed E-state index contributed by atoms with van der Waals surface area (Å²) >= 11 is 6.03.